The lowest BCUT2D eigenvalue weighted by atomic mass is 10.1. The first-order valence-corrected chi connectivity index (χ1v) is 8.81. The van der Waals surface area contributed by atoms with Gasteiger partial charge in [-0.3, -0.25) is 4.79 Å². The van der Waals surface area contributed by atoms with Gasteiger partial charge in [-0.25, -0.2) is 0 Å². The van der Waals surface area contributed by atoms with Gasteiger partial charge in [0.2, 0.25) is 5.91 Å². The Hall–Kier alpha value is -1.69. The zero-order valence-corrected chi connectivity index (χ0v) is 14.1. The van der Waals surface area contributed by atoms with Crippen LogP contribution in [-0.4, -0.2) is 37.6 Å². The van der Waals surface area contributed by atoms with Crippen LogP contribution < -0.4 is 5.32 Å². The number of carbonyl (C=O) groups excluding carboxylic acids is 1. The summed E-state index contributed by atoms with van der Waals surface area (Å²) in [5.41, 5.74) is 1.96. The normalized spacial score (nSPS) is 18.7. The molecule has 1 aliphatic rings. The number of likely N-dealkylation sites (N-methyl/N-ethyl adjacent to an activating group) is 1. The van der Waals surface area contributed by atoms with Crippen molar-refractivity contribution in [2.24, 2.45) is 0 Å². The number of thiophene rings is 1. The first-order valence-electron chi connectivity index (χ1n) is 7.93. The molecule has 0 radical (unpaired) electrons. The van der Waals surface area contributed by atoms with E-state index in [4.69, 9.17) is 4.74 Å². The van der Waals surface area contributed by atoms with Gasteiger partial charge in [0.15, 0.2) is 0 Å². The molecule has 4 nitrogen and oxygen atoms in total. The van der Waals surface area contributed by atoms with E-state index >= 15 is 0 Å². The van der Waals surface area contributed by atoms with E-state index in [1.165, 1.54) is 4.88 Å². The SMILES string of the molecule is CN1CCOC(c2cccc(NC(=O)CCc3cccs3)c2)C1. The van der Waals surface area contributed by atoms with Crippen molar-refractivity contribution in [3.63, 3.8) is 0 Å². The average Bonchev–Trinajstić information content (AvgIpc) is 3.07. The molecule has 1 saturated heterocycles. The Bertz CT molecular complexity index is 642. The summed E-state index contributed by atoms with van der Waals surface area (Å²) in [7, 11) is 2.10. The summed E-state index contributed by atoms with van der Waals surface area (Å²) in [6.45, 7) is 2.60. The molecule has 1 aliphatic heterocycles. The second-order valence-electron chi connectivity index (χ2n) is 5.87. The maximum absolute atomic E-state index is 12.1. The van der Waals surface area contributed by atoms with Crippen LogP contribution in [0.25, 0.3) is 0 Å². The van der Waals surface area contributed by atoms with E-state index < -0.39 is 0 Å². The number of hydrogen-bond donors (Lipinski definition) is 1. The van der Waals surface area contributed by atoms with Crippen LogP contribution in [0.15, 0.2) is 41.8 Å². The largest absolute Gasteiger partial charge is 0.371 e. The van der Waals surface area contributed by atoms with Gasteiger partial charge in [0.25, 0.3) is 0 Å². The number of aryl methyl sites for hydroxylation is 1. The maximum Gasteiger partial charge on any atom is 0.224 e. The van der Waals surface area contributed by atoms with Crippen molar-refractivity contribution in [2.45, 2.75) is 18.9 Å². The number of benzene rings is 1. The van der Waals surface area contributed by atoms with Gasteiger partial charge in [-0.05, 0) is 42.6 Å². The van der Waals surface area contributed by atoms with Crippen LogP contribution in [-0.2, 0) is 16.0 Å². The molecule has 23 heavy (non-hydrogen) atoms. The molecule has 1 atom stereocenters. The van der Waals surface area contributed by atoms with E-state index in [1.807, 2.05) is 29.6 Å². The lowest BCUT2D eigenvalue weighted by Crippen LogP contribution is -2.35. The lowest BCUT2D eigenvalue weighted by molar-refractivity contribution is -0.116. The van der Waals surface area contributed by atoms with Gasteiger partial charge in [0.05, 0.1) is 12.7 Å². The topological polar surface area (TPSA) is 41.6 Å². The van der Waals surface area contributed by atoms with Gasteiger partial charge < -0.3 is 15.0 Å². The van der Waals surface area contributed by atoms with Gasteiger partial charge in [0, 0.05) is 30.1 Å². The van der Waals surface area contributed by atoms with E-state index in [9.17, 15) is 4.79 Å². The Morgan fingerprint density at radius 3 is 3.09 bits per heavy atom. The number of amides is 1. The second kappa shape index (κ2) is 7.73. The van der Waals surface area contributed by atoms with Crippen LogP contribution in [0.5, 0.6) is 0 Å². The van der Waals surface area contributed by atoms with E-state index in [-0.39, 0.29) is 12.0 Å². The van der Waals surface area contributed by atoms with Gasteiger partial charge >= 0.3 is 0 Å². The fourth-order valence-corrected chi connectivity index (χ4v) is 3.42. The molecule has 2 heterocycles. The number of anilines is 1. The Labute approximate surface area is 141 Å². The highest BCUT2D eigenvalue weighted by molar-refractivity contribution is 7.09. The third-order valence-corrected chi connectivity index (χ3v) is 4.93. The lowest BCUT2D eigenvalue weighted by Gasteiger charge is -2.30. The van der Waals surface area contributed by atoms with Crippen molar-refractivity contribution >= 4 is 22.9 Å². The van der Waals surface area contributed by atoms with Gasteiger partial charge in [-0.15, -0.1) is 11.3 Å². The first kappa shape index (κ1) is 16.2. The first-order chi connectivity index (χ1) is 11.2. The highest BCUT2D eigenvalue weighted by Gasteiger charge is 2.19. The monoisotopic (exact) mass is 330 g/mol. The standard InChI is InChI=1S/C18H22N2O2S/c1-20-9-10-22-17(13-20)14-4-2-5-15(12-14)19-18(21)8-7-16-6-3-11-23-16/h2-6,11-12,17H,7-10,13H2,1H3,(H,19,21). The van der Waals surface area contributed by atoms with Crippen molar-refractivity contribution < 1.29 is 9.53 Å². The Kier molecular flexibility index (Phi) is 5.43. The predicted octanol–water partition coefficient (Wildman–Crippen LogP) is 3.32. The molecule has 2 aromatic rings. The number of nitrogens with zero attached hydrogens (tertiary/aromatic N) is 1. The smallest absolute Gasteiger partial charge is 0.224 e. The van der Waals surface area contributed by atoms with Gasteiger partial charge in [-0.2, -0.15) is 0 Å². The Balaban J connectivity index is 1.57. The second-order valence-corrected chi connectivity index (χ2v) is 6.91. The third kappa shape index (κ3) is 4.64. The fourth-order valence-electron chi connectivity index (χ4n) is 2.71. The molecule has 122 valence electrons. The summed E-state index contributed by atoms with van der Waals surface area (Å²) in [5, 5.41) is 5.03. The predicted molar refractivity (Wildman–Crippen MR) is 93.9 cm³/mol. The molecule has 1 fully saturated rings. The van der Waals surface area contributed by atoms with Crippen LogP contribution in [0.4, 0.5) is 5.69 Å². The molecular formula is C18H22N2O2S. The number of hydrogen-bond acceptors (Lipinski definition) is 4. The van der Waals surface area contributed by atoms with E-state index in [0.29, 0.717) is 6.42 Å². The summed E-state index contributed by atoms with van der Waals surface area (Å²) in [6.07, 6.45) is 1.38. The summed E-state index contributed by atoms with van der Waals surface area (Å²) in [4.78, 5) is 15.6. The molecular weight excluding hydrogens is 308 g/mol. The summed E-state index contributed by atoms with van der Waals surface area (Å²) >= 11 is 1.69. The van der Waals surface area contributed by atoms with E-state index in [2.05, 4.69) is 29.4 Å². The van der Waals surface area contributed by atoms with Gasteiger partial charge in [-0.1, -0.05) is 18.2 Å². The van der Waals surface area contributed by atoms with Crippen molar-refractivity contribution in [3.05, 3.63) is 52.2 Å². The highest BCUT2D eigenvalue weighted by Crippen LogP contribution is 2.24. The Morgan fingerprint density at radius 2 is 2.30 bits per heavy atom. The number of morpholine rings is 1. The zero-order valence-electron chi connectivity index (χ0n) is 13.3. The number of nitrogens with one attached hydrogen (secondary N) is 1. The molecule has 1 N–H and O–H groups in total. The minimum absolute atomic E-state index is 0.0530. The molecule has 0 aliphatic carbocycles. The Morgan fingerprint density at radius 1 is 1.39 bits per heavy atom. The van der Waals surface area contributed by atoms with Crippen molar-refractivity contribution in [3.8, 4) is 0 Å². The number of carbonyl (C=O) groups is 1. The number of ether oxygens (including phenoxy) is 1. The zero-order chi connectivity index (χ0) is 16.1. The van der Waals surface area contributed by atoms with Crippen molar-refractivity contribution in [1.82, 2.24) is 4.90 Å². The molecule has 1 aromatic carbocycles. The molecule has 3 rings (SSSR count). The minimum atomic E-state index is 0.0530. The summed E-state index contributed by atoms with van der Waals surface area (Å²) in [5.74, 6) is 0.0530. The van der Waals surface area contributed by atoms with Crippen LogP contribution in [0.2, 0.25) is 0 Å². The molecule has 1 unspecified atom stereocenters. The third-order valence-electron chi connectivity index (χ3n) is 3.99. The number of rotatable bonds is 5. The fraction of sp³-hybridized carbons (Fsp3) is 0.389. The van der Waals surface area contributed by atoms with E-state index in [0.717, 1.165) is 37.4 Å². The quantitative estimate of drug-likeness (QED) is 0.914. The molecule has 1 amide bonds. The molecule has 0 spiro atoms. The average molecular weight is 330 g/mol. The highest BCUT2D eigenvalue weighted by atomic mass is 32.1. The van der Waals surface area contributed by atoms with Gasteiger partial charge in [0.1, 0.15) is 0 Å². The molecule has 0 bridgehead atoms. The molecule has 5 heteroatoms. The molecule has 0 saturated carbocycles. The van der Waals surface area contributed by atoms with Crippen LogP contribution in [0.1, 0.15) is 23.0 Å². The maximum atomic E-state index is 12.1. The van der Waals surface area contributed by atoms with E-state index in [1.54, 1.807) is 11.3 Å². The van der Waals surface area contributed by atoms with Crippen molar-refractivity contribution in [1.29, 1.82) is 0 Å². The van der Waals surface area contributed by atoms with Crippen LogP contribution in [0, 0.1) is 0 Å². The van der Waals surface area contributed by atoms with Crippen LogP contribution >= 0.6 is 11.3 Å². The molecule has 1 aromatic heterocycles. The summed E-state index contributed by atoms with van der Waals surface area (Å²) in [6, 6.07) is 12.1. The minimum Gasteiger partial charge on any atom is -0.371 e. The summed E-state index contributed by atoms with van der Waals surface area (Å²) < 4.78 is 5.84. The van der Waals surface area contributed by atoms with Crippen LogP contribution in [0.3, 0.4) is 0 Å². The van der Waals surface area contributed by atoms with Crippen molar-refractivity contribution in [2.75, 3.05) is 32.1 Å².